The number of anilines is 1. The molecular formula is C12H12ClN3O2. The second-order valence-electron chi connectivity index (χ2n) is 4.09. The van der Waals surface area contributed by atoms with E-state index in [0.29, 0.717) is 16.4 Å². The second-order valence-corrected chi connectivity index (χ2v) is 4.50. The quantitative estimate of drug-likeness (QED) is 0.906. The predicted octanol–water partition coefficient (Wildman–Crippen LogP) is 2.90. The van der Waals surface area contributed by atoms with Crippen molar-refractivity contribution in [2.24, 2.45) is 0 Å². The average molecular weight is 266 g/mol. The molecule has 0 aliphatic carbocycles. The lowest BCUT2D eigenvalue weighted by Gasteiger charge is -2.10. The molecule has 0 unspecified atom stereocenters. The third-order valence-electron chi connectivity index (χ3n) is 2.54. The molecule has 1 amide bonds. The van der Waals surface area contributed by atoms with Gasteiger partial charge in [-0.3, -0.25) is 4.79 Å². The summed E-state index contributed by atoms with van der Waals surface area (Å²) >= 11 is 6.11. The topological polar surface area (TPSA) is 68.0 Å². The average Bonchev–Trinajstić information content (AvgIpc) is 2.69. The Morgan fingerprint density at radius 3 is 2.56 bits per heavy atom. The second kappa shape index (κ2) is 4.78. The van der Waals surface area contributed by atoms with Crippen molar-refractivity contribution < 1.29 is 9.42 Å². The van der Waals surface area contributed by atoms with Crippen molar-refractivity contribution in [2.75, 3.05) is 5.32 Å². The maximum absolute atomic E-state index is 12.0. The predicted molar refractivity (Wildman–Crippen MR) is 67.9 cm³/mol. The summed E-state index contributed by atoms with van der Waals surface area (Å²) in [5, 5.41) is 10.3. The molecule has 0 fully saturated rings. The van der Waals surface area contributed by atoms with Crippen molar-refractivity contribution in [3.8, 4) is 0 Å². The SMILES string of the molecule is Cc1cc(C)c(NC(=O)c2nonc2C)c(Cl)c1. The van der Waals surface area contributed by atoms with Crippen LogP contribution in [0.5, 0.6) is 0 Å². The fraction of sp³-hybridized carbons (Fsp3) is 0.250. The molecule has 0 aliphatic rings. The molecule has 0 saturated heterocycles. The minimum atomic E-state index is -0.386. The van der Waals surface area contributed by atoms with E-state index in [4.69, 9.17) is 11.6 Å². The fourth-order valence-electron chi connectivity index (χ4n) is 1.68. The molecule has 5 nitrogen and oxygen atoms in total. The number of hydrogen-bond acceptors (Lipinski definition) is 4. The largest absolute Gasteiger partial charge is 0.319 e. The Morgan fingerprint density at radius 1 is 1.28 bits per heavy atom. The summed E-state index contributed by atoms with van der Waals surface area (Å²) in [5.41, 5.74) is 3.10. The summed E-state index contributed by atoms with van der Waals surface area (Å²) in [6, 6.07) is 3.73. The molecule has 0 saturated carbocycles. The molecule has 1 aromatic heterocycles. The maximum Gasteiger partial charge on any atom is 0.279 e. The van der Waals surface area contributed by atoms with E-state index in [9.17, 15) is 4.79 Å². The van der Waals surface area contributed by atoms with Gasteiger partial charge in [0, 0.05) is 0 Å². The lowest BCUT2D eigenvalue weighted by molar-refractivity contribution is 0.101. The Morgan fingerprint density at radius 2 is 2.00 bits per heavy atom. The van der Waals surface area contributed by atoms with Gasteiger partial charge in [0.05, 0.1) is 10.7 Å². The van der Waals surface area contributed by atoms with E-state index in [1.54, 1.807) is 13.0 Å². The number of carbonyl (C=O) groups is 1. The molecule has 0 atom stereocenters. The zero-order chi connectivity index (χ0) is 13.3. The van der Waals surface area contributed by atoms with E-state index in [-0.39, 0.29) is 11.6 Å². The number of hydrogen-bond donors (Lipinski definition) is 1. The first kappa shape index (κ1) is 12.6. The molecule has 1 heterocycles. The molecule has 1 N–H and O–H groups in total. The van der Waals surface area contributed by atoms with E-state index < -0.39 is 0 Å². The van der Waals surface area contributed by atoms with Crippen LogP contribution in [0.2, 0.25) is 5.02 Å². The van der Waals surface area contributed by atoms with Crippen LogP contribution >= 0.6 is 11.6 Å². The van der Waals surface area contributed by atoms with Crippen LogP contribution < -0.4 is 5.32 Å². The number of nitrogens with zero attached hydrogens (tertiary/aromatic N) is 2. The summed E-state index contributed by atoms with van der Waals surface area (Å²) in [6.45, 7) is 5.47. The summed E-state index contributed by atoms with van der Waals surface area (Å²) in [6.07, 6.45) is 0. The van der Waals surface area contributed by atoms with E-state index in [2.05, 4.69) is 20.3 Å². The van der Waals surface area contributed by atoms with Gasteiger partial charge in [0.15, 0.2) is 5.69 Å². The van der Waals surface area contributed by atoms with Gasteiger partial charge in [-0.05, 0) is 43.1 Å². The summed E-state index contributed by atoms with van der Waals surface area (Å²) in [4.78, 5) is 12.0. The van der Waals surface area contributed by atoms with Crippen molar-refractivity contribution in [1.82, 2.24) is 10.3 Å². The number of rotatable bonds is 2. The van der Waals surface area contributed by atoms with Crippen LogP contribution in [0.25, 0.3) is 0 Å². The standard InChI is InChI=1S/C12H12ClN3O2/c1-6-4-7(2)10(9(13)5-6)14-12(17)11-8(3)15-18-16-11/h4-5H,1-3H3,(H,14,17). The Hall–Kier alpha value is -1.88. The van der Waals surface area contributed by atoms with Crippen LogP contribution in [0.3, 0.4) is 0 Å². The minimum Gasteiger partial charge on any atom is -0.319 e. The van der Waals surface area contributed by atoms with Gasteiger partial charge in [-0.25, -0.2) is 4.63 Å². The molecule has 0 radical (unpaired) electrons. The number of nitrogens with one attached hydrogen (secondary N) is 1. The molecular weight excluding hydrogens is 254 g/mol. The van der Waals surface area contributed by atoms with Crippen molar-refractivity contribution >= 4 is 23.2 Å². The smallest absolute Gasteiger partial charge is 0.279 e. The van der Waals surface area contributed by atoms with E-state index >= 15 is 0 Å². The van der Waals surface area contributed by atoms with Crippen molar-refractivity contribution in [3.05, 3.63) is 39.7 Å². The highest BCUT2D eigenvalue weighted by atomic mass is 35.5. The van der Waals surface area contributed by atoms with Gasteiger partial charge in [-0.1, -0.05) is 22.8 Å². The fourth-order valence-corrected chi connectivity index (χ4v) is 2.05. The van der Waals surface area contributed by atoms with Crippen LogP contribution in [0.1, 0.15) is 27.3 Å². The van der Waals surface area contributed by atoms with Crippen LogP contribution in [-0.2, 0) is 0 Å². The molecule has 6 heteroatoms. The Balaban J connectivity index is 2.31. The van der Waals surface area contributed by atoms with Gasteiger partial charge in [-0.15, -0.1) is 0 Å². The van der Waals surface area contributed by atoms with Crippen molar-refractivity contribution in [2.45, 2.75) is 20.8 Å². The van der Waals surface area contributed by atoms with Gasteiger partial charge in [0.1, 0.15) is 5.69 Å². The lowest BCUT2D eigenvalue weighted by atomic mass is 10.1. The molecule has 0 bridgehead atoms. The minimum absolute atomic E-state index is 0.158. The Kier molecular flexibility index (Phi) is 3.34. The van der Waals surface area contributed by atoms with Crippen molar-refractivity contribution in [3.63, 3.8) is 0 Å². The zero-order valence-corrected chi connectivity index (χ0v) is 11.0. The molecule has 0 aliphatic heterocycles. The van der Waals surface area contributed by atoms with Crippen LogP contribution in [0, 0.1) is 20.8 Å². The number of amides is 1. The van der Waals surface area contributed by atoms with E-state index in [0.717, 1.165) is 11.1 Å². The normalized spacial score (nSPS) is 10.4. The first-order chi connectivity index (χ1) is 8.49. The van der Waals surface area contributed by atoms with Gasteiger partial charge in [0.2, 0.25) is 0 Å². The molecule has 0 spiro atoms. The summed E-state index contributed by atoms with van der Waals surface area (Å²) in [5.74, 6) is -0.386. The maximum atomic E-state index is 12.0. The summed E-state index contributed by atoms with van der Waals surface area (Å²) < 4.78 is 4.49. The van der Waals surface area contributed by atoms with Gasteiger partial charge < -0.3 is 5.32 Å². The first-order valence-electron chi connectivity index (χ1n) is 5.36. The van der Waals surface area contributed by atoms with Crippen LogP contribution in [0.4, 0.5) is 5.69 Å². The molecule has 94 valence electrons. The third kappa shape index (κ3) is 2.36. The van der Waals surface area contributed by atoms with Crippen LogP contribution in [-0.4, -0.2) is 16.2 Å². The molecule has 2 aromatic rings. The monoisotopic (exact) mass is 265 g/mol. The Labute approximate surface area is 109 Å². The highest BCUT2D eigenvalue weighted by molar-refractivity contribution is 6.34. The Bertz CT molecular complexity index is 584. The van der Waals surface area contributed by atoms with Gasteiger partial charge >= 0.3 is 0 Å². The first-order valence-corrected chi connectivity index (χ1v) is 5.74. The van der Waals surface area contributed by atoms with E-state index in [1.807, 2.05) is 19.9 Å². The highest BCUT2D eigenvalue weighted by Gasteiger charge is 2.17. The summed E-state index contributed by atoms with van der Waals surface area (Å²) in [7, 11) is 0. The van der Waals surface area contributed by atoms with Gasteiger partial charge in [-0.2, -0.15) is 0 Å². The number of aryl methyl sites for hydroxylation is 3. The van der Waals surface area contributed by atoms with Crippen molar-refractivity contribution in [1.29, 1.82) is 0 Å². The number of aromatic nitrogens is 2. The lowest BCUT2D eigenvalue weighted by Crippen LogP contribution is -2.15. The highest BCUT2D eigenvalue weighted by Crippen LogP contribution is 2.27. The molecule has 2 rings (SSSR count). The number of halogens is 1. The zero-order valence-electron chi connectivity index (χ0n) is 10.2. The van der Waals surface area contributed by atoms with E-state index in [1.165, 1.54) is 0 Å². The van der Waals surface area contributed by atoms with Gasteiger partial charge in [0.25, 0.3) is 5.91 Å². The molecule has 1 aromatic carbocycles. The third-order valence-corrected chi connectivity index (χ3v) is 2.84. The number of carbonyl (C=O) groups excluding carboxylic acids is 1. The molecule has 18 heavy (non-hydrogen) atoms. The van der Waals surface area contributed by atoms with Crippen LogP contribution in [0.15, 0.2) is 16.8 Å². The number of benzene rings is 1.